The fraction of sp³-hybridized carbons (Fsp3) is 0.562. The zero-order valence-electron chi connectivity index (χ0n) is 12.9. The number of anilines is 1. The second kappa shape index (κ2) is 6.07. The van der Waals surface area contributed by atoms with Crippen molar-refractivity contribution in [3.8, 4) is 0 Å². The molecule has 0 amide bonds. The van der Waals surface area contributed by atoms with Crippen LogP contribution < -0.4 is 10.2 Å². The third kappa shape index (κ3) is 4.28. The van der Waals surface area contributed by atoms with E-state index >= 15 is 0 Å². The molecule has 1 aliphatic carbocycles. The molecule has 0 aliphatic heterocycles. The van der Waals surface area contributed by atoms with Crippen LogP contribution in [0.15, 0.2) is 23.0 Å². The van der Waals surface area contributed by atoms with E-state index in [9.17, 15) is 0 Å². The lowest BCUT2D eigenvalue weighted by atomic mass is 10.1. The van der Waals surface area contributed by atoms with Gasteiger partial charge in [0, 0.05) is 35.7 Å². The van der Waals surface area contributed by atoms with Crippen molar-refractivity contribution in [3.05, 3.63) is 33.5 Å². The number of thiazole rings is 1. The van der Waals surface area contributed by atoms with Crippen LogP contribution in [0.1, 0.15) is 44.1 Å². The Kier molecular flexibility index (Phi) is 4.33. The lowest BCUT2D eigenvalue weighted by molar-refractivity contribution is 0.426. The fourth-order valence-electron chi connectivity index (χ4n) is 2.18. The summed E-state index contributed by atoms with van der Waals surface area (Å²) in [5.41, 5.74) is 1.55. The first kappa shape index (κ1) is 15.0. The van der Waals surface area contributed by atoms with E-state index in [4.69, 9.17) is 0 Å². The number of aromatic nitrogens is 1. The first-order chi connectivity index (χ1) is 10.0. The molecular weight excluding hydrogens is 298 g/mol. The topological polar surface area (TPSA) is 28.2 Å². The standard InChI is InChI=1S/C16H23N3S2/c1-16(2,3)18-9-14-8-17-15(21-14)19(13-4-5-13)10-12-6-7-20-11-12/h6-8,11,13,18H,4-5,9-10H2,1-3H3. The van der Waals surface area contributed by atoms with Crippen LogP contribution in [-0.2, 0) is 13.1 Å². The third-order valence-corrected chi connectivity index (χ3v) is 5.27. The van der Waals surface area contributed by atoms with Crippen molar-refractivity contribution in [1.29, 1.82) is 0 Å². The largest absolute Gasteiger partial charge is 0.341 e. The van der Waals surface area contributed by atoms with Gasteiger partial charge in [-0.3, -0.25) is 0 Å². The molecule has 1 N–H and O–H groups in total. The number of nitrogens with zero attached hydrogens (tertiary/aromatic N) is 2. The summed E-state index contributed by atoms with van der Waals surface area (Å²) in [6.07, 6.45) is 4.64. The van der Waals surface area contributed by atoms with E-state index in [0.29, 0.717) is 6.04 Å². The minimum Gasteiger partial charge on any atom is -0.341 e. The van der Waals surface area contributed by atoms with Gasteiger partial charge in [-0.2, -0.15) is 11.3 Å². The van der Waals surface area contributed by atoms with Crippen LogP contribution in [0.2, 0.25) is 0 Å². The van der Waals surface area contributed by atoms with Crippen molar-refractivity contribution in [1.82, 2.24) is 10.3 Å². The maximum absolute atomic E-state index is 4.67. The Morgan fingerprint density at radius 1 is 1.38 bits per heavy atom. The summed E-state index contributed by atoms with van der Waals surface area (Å²) in [4.78, 5) is 8.46. The van der Waals surface area contributed by atoms with Gasteiger partial charge < -0.3 is 10.2 Å². The van der Waals surface area contributed by atoms with E-state index in [1.165, 1.54) is 28.4 Å². The van der Waals surface area contributed by atoms with Gasteiger partial charge in [0.2, 0.25) is 0 Å². The number of nitrogens with one attached hydrogen (secondary N) is 1. The van der Waals surface area contributed by atoms with E-state index in [2.05, 4.69) is 52.8 Å². The Hall–Kier alpha value is -0.910. The minimum absolute atomic E-state index is 0.150. The van der Waals surface area contributed by atoms with Crippen LogP contribution in [-0.4, -0.2) is 16.6 Å². The smallest absolute Gasteiger partial charge is 0.186 e. The maximum atomic E-state index is 4.67. The van der Waals surface area contributed by atoms with Gasteiger partial charge in [-0.05, 0) is 56.0 Å². The van der Waals surface area contributed by atoms with Crippen LogP contribution in [0, 0.1) is 0 Å². The van der Waals surface area contributed by atoms with Gasteiger partial charge in [-0.15, -0.1) is 11.3 Å². The molecule has 1 aliphatic rings. The lowest BCUT2D eigenvalue weighted by Gasteiger charge is -2.21. The molecule has 0 atom stereocenters. The van der Waals surface area contributed by atoms with E-state index in [1.807, 2.05) is 17.5 Å². The summed E-state index contributed by atoms with van der Waals surface area (Å²) in [6, 6.07) is 2.91. The lowest BCUT2D eigenvalue weighted by Crippen LogP contribution is -2.34. The molecule has 3 rings (SSSR count). The Morgan fingerprint density at radius 2 is 2.19 bits per heavy atom. The van der Waals surface area contributed by atoms with Crippen LogP contribution >= 0.6 is 22.7 Å². The van der Waals surface area contributed by atoms with Gasteiger partial charge in [0.05, 0.1) is 0 Å². The Morgan fingerprint density at radius 3 is 2.81 bits per heavy atom. The van der Waals surface area contributed by atoms with E-state index in [1.54, 1.807) is 11.3 Å². The SMILES string of the molecule is CC(C)(C)NCc1cnc(N(Cc2ccsc2)C2CC2)s1. The average molecular weight is 322 g/mol. The van der Waals surface area contributed by atoms with E-state index < -0.39 is 0 Å². The van der Waals surface area contributed by atoms with Crippen LogP contribution in [0.3, 0.4) is 0 Å². The molecule has 0 saturated heterocycles. The van der Waals surface area contributed by atoms with Crippen LogP contribution in [0.4, 0.5) is 5.13 Å². The molecule has 0 unspecified atom stereocenters. The van der Waals surface area contributed by atoms with E-state index in [-0.39, 0.29) is 5.54 Å². The number of hydrogen-bond donors (Lipinski definition) is 1. The molecule has 114 valence electrons. The van der Waals surface area contributed by atoms with Crippen molar-refractivity contribution in [3.63, 3.8) is 0 Å². The molecule has 0 radical (unpaired) electrons. The Bertz CT molecular complexity index is 565. The van der Waals surface area contributed by atoms with Gasteiger partial charge in [-0.1, -0.05) is 0 Å². The van der Waals surface area contributed by atoms with Gasteiger partial charge in [-0.25, -0.2) is 4.98 Å². The second-order valence-electron chi connectivity index (χ2n) is 6.70. The molecule has 0 aromatic carbocycles. The van der Waals surface area contributed by atoms with Crippen molar-refractivity contribution in [2.45, 2.75) is 58.3 Å². The van der Waals surface area contributed by atoms with Gasteiger partial charge in [0.1, 0.15) is 0 Å². The zero-order chi connectivity index (χ0) is 14.9. The highest BCUT2D eigenvalue weighted by Crippen LogP contribution is 2.35. The minimum atomic E-state index is 0.150. The third-order valence-electron chi connectivity index (χ3n) is 3.50. The molecule has 1 fully saturated rings. The molecule has 2 aromatic heterocycles. The predicted molar refractivity (Wildman–Crippen MR) is 92.2 cm³/mol. The molecule has 1 saturated carbocycles. The Labute approximate surface area is 135 Å². The summed E-state index contributed by atoms with van der Waals surface area (Å²) in [7, 11) is 0. The molecule has 0 bridgehead atoms. The average Bonchev–Trinajstić information content (AvgIpc) is 2.94. The molecule has 0 spiro atoms. The molecule has 3 nitrogen and oxygen atoms in total. The van der Waals surface area contributed by atoms with Gasteiger partial charge in [0.15, 0.2) is 5.13 Å². The summed E-state index contributed by atoms with van der Waals surface area (Å²) in [6.45, 7) is 8.48. The number of rotatable bonds is 6. The molecule has 2 heterocycles. The van der Waals surface area contributed by atoms with Gasteiger partial charge >= 0.3 is 0 Å². The van der Waals surface area contributed by atoms with Crippen LogP contribution in [0.5, 0.6) is 0 Å². The number of hydrogen-bond acceptors (Lipinski definition) is 5. The monoisotopic (exact) mass is 321 g/mol. The summed E-state index contributed by atoms with van der Waals surface area (Å²) < 4.78 is 0. The predicted octanol–water partition coefficient (Wildman–Crippen LogP) is 4.26. The Balaban J connectivity index is 1.67. The van der Waals surface area contributed by atoms with Crippen molar-refractivity contribution in [2.24, 2.45) is 0 Å². The zero-order valence-corrected chi connectivity index (χ0v) is 14.6. The van der Waals surface area contributed by atoms with E-state index in [0.717, 1.165) is 13.1 Å². The summed E-state index contributed by atoms with van der Waals surface area (Å²) >= 11 is 3.60. The molecular formula is C16H23N3S2. The van der Waals surface area contributed by atoms with Crippen LogP contribution in [0.25, 0.3) is 0 Å². The fourth-order valence-corrected chi connectivity index (χ4v) is 3.76. The first-order valence-corrected chi connectivity index (χ1v) is 9.25. The summed E-state index contributed by atoms with van der Waals surface area (Å²) in [5.74, 6) is 0. The molecule has 5 heteroatoms. The highest BCUT2D eigenvalue weighted by molar-refractivity contribution is 7.15. The summed E-state index contributed by atoms with van der Waals surface area (Å²) in [5, 5.41) is 9.10. The highest BCUT2D eigenvalue weighted by Gasteiger charge is 2.31. The van der Waals surface area contributed by atoms with Gasteiger partial charge in [0.25, 0.3) is 0 Å². The normalized spacial score (nSPS) is 15.4. The van der Waals surface area contributed by atoms with Crippen molar-refractivity contribution >= 4 is 27.8 Å². The molecule has 2 aromatic rings. The van der Waals surface area contributed by atoms with Crippen molar-refractivity contribution in [2.75, 3.05) is 4.90 Å². The maximum Gasteiger partial charge on any atom is 0.186 e. The number of thiophene rings is 1. The second-order valence-corrected chi connectivity index (χ2v) is 8.58. The quantitative estimate of drug-likeness (QED) is 0.861. The molecule has 21 heavy (non-hydrogen) atoms. The van der Waals surface area contributed by atoms with Crippen molar-refractivity contribution < 1.29 is 0 Å². The highest BCUT2D eigenvalue weighted by atomic mass is 32.1. The first-order valence-electron chi connectivity index (χ1n) is 7.49.